The Morgan fingerprint density at radius 2 is 0.699 bits per heavy atom. The Morgan fingerprint density at radius 3 is 1.11 bits per heavy atom. The molecule has 12 atom stereocenters. The summed E-state index contributed by atoms with van der Waals surface area (Å²) in [6.07, 6.45) is 31.7. The van der Waals surface area contributed by atoms with Crippen LogP contribution in [0.5, 0.6) is 23.5 Å². The van der Waals surface area contributed by atoms with Crippen molar-refractivity contribution in [2.75, 3.05) is 26.2 Å². The van der Waals surface area contributed by atoms with Crippen LogP contribution in [0, 0.1) is 71.0 Å². The van der Waals surface area contributed by atoms with Crippen LogP contribution in [0.3, 0.4) is 0 Å². The van der Waals surface area contributed by atoms with Gasteiger partial charge in [0.1, 0.15) is 55.9 Å². The summed E-state index contributed by atoms with van der Waals surface area (Å²) in [4.78, 5) is 93.9. The van der Waals surface area contributed by atoms with Crippen molar-refractivity contribution in [1.29, 1.82) is 0 Å². The number of rotatable bonds is 16. The van der Waals surface area contributed by atoms with Gasteiger partial charge in [0.25, 0.3) is 23.6 Å². The van der Waals surface area contributed by atoms with Crippen LogP contribution in [0.1, 0.15) is 152 Å². The monoisotopic (exact) mass is 1740 g/mol. The summed E-state index contributed by atoms with van der Waals surface area (Å²) in [7, 11) is 0. The fourth-order valence-electron chi connectivity index (χ4n) is 18.4. The van der Waals surface area contributed by atoms with Crippen LogP contribution in [0.15, 0.2) is 165 Å². The number of ether oxygens (including phenoxy) is 4. The van der Waals surface area contributed by atoms with Gasteiger partial charge in [0.15, 0.2) is 17.3 Å². The summed E-state index contributed by atoms with van der Waals surface area (Å²) in [5, 5.41) is 35.1. The summed E-state index contributed by atoms with van der Waals surface area (Å²) in [5.74, 6) is 2.55. The van der Waals surface area contributed by atoms with Crippen LogP contribution < -0.4 is 18.9 Å². The lowest BCUT2D eigenvalue weighted by molar-refractivity contribution is -0.0316. The Hall–Kier alpha value is -11.9. The number of benzene rings is 2. The molecule has 634 valence electrons. The molecule has 18 heterocycles. The molecule has 123 heavy (non-hydrogen) atoms. The number of halogens is 5. The first kappa shape index (κ1) is 83.3. The van der Waals surface area contributed by atoms with E-state index in [0.717, 1.165) is 122 Å². The standard InChI is InChI=1S/C22H21ClFN5O2.2C22H23ClN6O2.C22H22ClN5O2/c1-13-9-16(23)21(25-11-13)31-19-10-14-5-6-18(19)28(12-14)22(30)15-3-2-4-17(24)20(15)29-26-7-8-27-29;1-13-9-16(23)21(24-11-13)31-19-10-15-4-6-17(19)28(12-15)22(30)20-18(5-3-14(2)27-20)29-25-7-8-26-29;1-13-7-16(20(24-10-13)29-26-5-6-27-29)22(30)28-12-15-3-4-18(28)19(9-15)31-21-17(23)8-14(2)11-25-21;1-14-10-17(23)21(24-12-14)30-20-11-15-6-7-19(20)27(13-15)22(29)16-4-2-3-5-18(16)28-25-8-9-26-28/h2-4,7-9,11,14,18-19H,5-6,10,12H2,1H3;3,5,7-9,11,15,17,19H,4,6,10,12H2,1-2H3;5-8,10-11,15,18-19H,3-4,9,12H2,1-2H3;2-5,8-10,12,15,19-20H,6-7,11,13H2,1H3. The molecule has 12 aliphatic rings. The van der Waals surface area contributed by atoms with Gasteiger partial charge in [-0.15, -0.1) is 14.4 Å². The van der Waals surface area contributed by atoms with E-state index in [-0.39, 0.29) is 83.5 Å². The van der Waals surface area contributed by atoms with E-state index in [9.17, 15) is 23.6 Å². The third-order valence-electron chi connectivity index (χ3n) is 24.1. The van der Waals surface area contributed by atoms with E-state index in [1.54, 1.807) is 79.1 Å². The number of pyridine rings is 6. The van der Waals surface area contributed by atoms with Crippen molar-refractivity contribution in [3.05, 3.63) is 247 Å². The lowest BCUT2D eigenvalue weighted by Crippen LogP contribution is -2.59. The highest BCUT2D eigenvalue weighted by Gasteiger charge is 2.50. The lowest BCUT2D eigenvalue weighted by atomic mass is 9.77. The topological polar surface area (TPSA) is 318 Å². The molecule has 4 aliphatic carbocycles. The van der Waals surface area contributed by atoms with E-state index in [2.05, 4.69) is 70.7 Å². The summed E-state index contributed by atoms with van der Waals surface area (Å²) in [5.41, 5.74) is 8.54. The highest BCUT2D eigenvalue weighted by atomic mass is 35.5. The van der Waals surface area contributed by atoms with Crippen LogP contribution in [0.2, 0.25) is 20.1 Å². The molecule has 8 bridgehead atoms. The van der Waals surface area contributed by atoms with Crippen molar-refractivity contribution in [1.82, 2.24) is 109 Å². The smallest absolute Gasteiger partial charge is 0.275 e. The minimum absolute atomic E-state index is 0.0136. The number of carbonyl (C=O) groups is 4. The van der Waals surface area contributed by atoms with Crippen molar-refractivity contribution in [2.45, 2.75) is 167 Å². The van der Waals surface area contributed by atoms with Crippen molar-refractivity contribution in [2.24, 2.45) is 23.7 Å². The molecule has 8 aliphatic heterocycles. The summed E-state index contributed by atoms with van der Waals surface area (Å²) in [6, 6.07) is 24.5. The van der Waals surface area contributed by atoms with E-state index in [0.29, 0.717) is 121 Å². The van der Waals surface area contributed by atoms with Crippen LogP contribution in [-0.4, -0.2) is 208 Å². The second-order valence-corrected chi connectivity index (χ2v) is 34.4. The first-order valence-electron chi connectivity index (χ1n) is 41.3. The van der Waals surface area contributed by atoms with Gasteiger partial charge in [-0.2, -0.15) is 45.6 Å². The molecular formula is C88H89Cl4FN22O8. The molecule has 10 aromatic heterocycles. The van der Waals surface area contributed by atoms with E-state index in [1.807, 2.05) is 123 Å². The van der Waals surface area contributed by atoms with Gasteiger partial charge in [0.05, 0.1) is 96.1 Å². The average Bonchev–Trinajstić information content (AvgIpc) is 1.77. The van der Waals surface area contributed by atoms with Gasteiger partial charge in [-0.3, -0.25) is 19.2 Å². The molecule has 35 heteroatoms. The maximum absolute atomic E-state index is 14.7. The van der Waals surface area contributed by atoms with E-state index in [4.69, 9.17) is 65.4 Å². The molecule has 24 rings (SSSR count). The zero-order chi connectivity index (χ0) is 85.3. The maximum Gasteiger partial charge on any atom is 0.275 e. The molecular weight excluding hydrogens is 1650 g/mol. The maximum atomic E-state index is 14.7. The SMILES string of the molecule is Cc1cnc(OC2CC3CCC2N(C(=O)c2cc(C)cnc2-n2nccn2)C3)c(Cl)c1.Cc1cnc(OC2CC3CCC2N(C(=O)c2cccc(F)c2-n2nccn2)C3)c(Cl)c1.Cc1cnc(OC2CC3CCC2N(C(=O)c2ccccc2-n2nccn2)C3)c(Cl)c1.Cc1cnc(OC2CC3CCC2N(C(=O)c2nc(C)ccc2-n2nccn2)C3)c(Cl)c1. The van der Waals surface area contributed by atoms with Gasteiger partial charge in [-0.25, -0.2) is 34.3 Å². The van der Waals surface area contributed by atoms with Gasteiger partial charge in [-0.1, -0.05) is 64.6 Å². The molecule has 12 fully saturated rings. The fraction of sp³-hybridized carbons (Fsp3) is 0.386. The molecule has 4 saturated carbocycles. The van der Waals surface area contributed by atoms with E-state index >= 15 is 0 Å². The van der Waals surface area contributed by atoms with Crippen LogP contribution in [0.4, 0.5) is 4.39 Å². The number of aryl methyl sites for hydroxylation is 6. The number of hydrogen-bond donors (Lipinski definition) is 0. The van der Waals surface area contributed by atoms with Gasteiger partial charge in [0.2, 0.25) is 23.5 Å². The molecule has 2 aromatic carbocycles. The van der Waals surface area contributed by atoms with E-state index < -0.39 is 5.82 Å². The Balaban J connectivity index is 0.000000116. The van der Waals surface area contributed by atoms with Gasteiger partial charge in [-0.05, 0) is 237 Å². The average molecular weight is 1740 g/mol. The Bertz CT molecular complexity index is 5530. The van der Waals surface area contributed by atoms with Crippen molar-refractivity contribution < 1.29 is 42.5 Å². The molecule has 4 amide bonds. The van der Waals surface area contributed by atoms with Crippen LogP contribution in [-0.2, 0) is 0 Å². The predicted octanol–water partition coefficient (Wildman–Crippen LogP) is 14.3. The number of amides is 4. The highest BCUT2D eigenvalue weighted by Crippen LogP contribution is 2.45. The molecule has 12 aromatic rings. The third-order valence-corrected chi connectivity index (χ3v) is 25.1. The Labute approximate surface area is 728 Å². The number of hydrogen-bond acceptors (Lipinski definition) is 22. The molecule has 8 saturated heterocycles. The summed E-state index contributed by atoms with van der Waals surface area (Å²) < 4.78 is 39.5. The van der Waals surface area contributed by atoms with Gasteiger partial charge in [0, 0.05) is 62.9 Å². The zero-order valence-corrected chi connectivity index (χ0v) is 71.3. The van der Waals surface area contributed by atoms with Gasteiger partial charge < -0.3 is 38.5 Å². The Morgan fingerprint density at radius 1 is 0.358 bits per heavy atom. The summed E-state index contributed by atoms with van der Waals surface area (Å²) in [6.45, 7) is 14.3. The van der Waals surface area contributed by atoms with Crippen LogP contribution >= 0.6 is 46.4 Å². The summed E-state index contributed by atoms with van der Waals surface area (Å²) >= 11 is 25.3. The molecule has 0 spiro atoms. The van der Waals surface area contributed by atoms with Crippen LogP contribution in [0.25, 0.3) is 22.9 Å². The highest BCUT2D eigenvalue weighted by molar-refractivity contribution is 6.33. The Kier molecular flexibility index (Phi) is 24.6. The molecule has 0 radical (unpaired) electrons. The molecule has 12 unspecified atom stereocenters. The molecule has 0 N–H and O–H groups in total. The zero-order valence-electron chi connectivity index (χ0n) is 68.3. The number of piperidine rings is 8. The van der Waals surface area contributed by atoms with Crippen molar-refractivity contribution >= 4 is 70.0 Å². The lowest BCUT2D eigenvalue weighted by Gasteiger charge is -2.49. The third kappa shape index (κ3) is 18.0. The first-order valence-corrected chi connectivity index (χ1v) is 42.8. The quantitative estimate of drug-likeness (QED) is 0.0867. The number of aromatic nitrogens is 18. The first-order chi connectivity index (χ1) is 59.6. The number of para-hydroxylation sites is 2. The molecule has 30 nitrogen and oxygen atoms in total. The van der Waals surface area contributed by atoms with Crippen molar-refractivity contribution in [3.8, 4) is 46.4 Å². The minimum Gasteiger partial charge on any atom is -0.471 e. The predicted molar refractivity (Wildman–Crippen MR) is 453 cm³/mol. The number of carbonyl (C=O) groups excluding carboxylic acids is 4. The second-order valence-electron chi connectivity index (χ2n) is 32.8. The van der Waals surface area contributed by atoms with Crippen molar-refractivity contribution in [3.63, 3.8) is 0 Å². The van der Waals surface area contributed by atoms with E-state index in [1.165, 1.54) is 38.9 Å². The number of fused-ring (bicyclic) bond motifs is 12. The number of nitrogens with zero attached hydrogens (tertiary/aromatic N) is 22. The largest absolute Gasteiger partial charge is 0.471 e. The minimum atomic E-state index is -0.548. The fourth-order valence-corrected chi connectivity index (χ4v) is 19.4. The second kappa shape index (κ2) is 36.2. The normalized spacial score (nSPS) is 22.6. The van der Waals surface area contributed by atoms with Gasteiger partial charge >= 0.3 is 0 Å².